The fraction of sp³-hybridized carbons (Fsp3) is 0.857. The summed E-state index contributed by atoms with van der Waals surface area (Å²) in [5, 5.41) is 8.43. The number of hydrogen-bond donors (Lipinski definition) is 1. The van der Waals surface area contributed by atoms with Crippen molar-refractivity contribution in [2.45, 2.75) is 30.2 Å². The van der Waals surface area contributed by atoms with Crippen LogP contribution in [0.15, 0.2) is 0 Å². The minimum atomic E-state index is -1.33. The molecule has 2 unspecified atom stereocenters. The Kier molecular flexibility index (Phi) is 2.21. The highest BCUT2D eigenvalue weighted by Gasteiger charge is 2.76. The molecule has 1 saturated carbocycles. The van der Waals surface area contributed by atoms with Crippen molar-refractivity contribution in [3.8, 4) is 0 Å². The lowest BCUT2D eigenvalue weighted by molar-refractivity contribution is 0.0291. The lowest BCUT2D eigenvalue weighted by Gasteiger charge is -2.14. The minimum absolute atomic E-state index is 0.144. The molecule has 3 nitrogen and oxygen atoms in total. The van der Waals surface area contributed by atoms with E-state index in [4.69, 9.17) is 28.3 Å². The standard InChI is InChI=1S/C7H10Cl2O3/c1-3-6(12-5(10)11)4(2)7(6,8)9/h4H,3H2,1-2H3,(H,10,11). The van der Waals surface area contributed by atoms with Crippen molar-refractivity contribution < 1.29 is 14.6 Å². The smallest absolute Gasteiger partial charge is 0.450 e. The molecule has 1 fully saturated rings. The first kappa shape index (κ1) is 9.93. The van der Waals surface area contributed by atoms with Crippen molar-refractivity contribution in [3.63, 3.8) is 0 Å². The predicted molar refractivity (Wildman–Crippen MR) is 45.7 cm³/mol. The molecule has 0 aromatic carbocycles. The number of rotatable bonds is 2. The fourth-order valence-electron chi connectivity index (χ4n) is 1.54. The number of ether oxygens (including phenoxy) is 1. The molecule has 0 heterocycles. The van der Waals surface area contributed by atoms with E-state index in [0.29, 0.717) is 6.42 Å². The van der Waals surface area contributed by atoms with Gasteiger partial charge in [-0.05, 0) is 6.42 Å². The fourth-order valence-corrected chi connectivity index (χ4v) is 2.45. The van der Waals surface area contributed by atoms with E-state index in [0.717, 1.165) is 0 Å². The van der Waals surface area contributed by atoms with E-state index in [1.54, 1.807) is 13.8 Å². The Labute approximate surface area is 80.6 Å². The van der Waals surface area contributed by atoms with Crippen LogP contribution in [0.5, 0.6) is 0 Å². The highest BCUT2D eigenvalue weighted by Crippen LogP contribution is 2.65. The molecule has 0 radical (unpaired) electrons. The maximum atomic E-state index is 10.3. The SMILES string of the molecule is CCC1(OC(=O)O)C(C)C1(Cl)Cl. The highest BCUT2D eigenvalue weighted by molar-refractivity contribution is 6.52. The van der Waals surface area contributed by atoms with Crippen molar-refractivity contribution in [3.05, 3.63) is 0 Å². The van der Waals surface area contributed by atoms with Crippen LogP contribution < -0.4 is 0 Å². The van der Waals surface area contributed by atoms with Gasteiger partial charge in [0.15, 0.2) is 9.93 Å². The molecule has 0 saturated heterocycles. The molecule has 0 amide bonds. The van der Waals surface area contributed by atoms with Crippen molar-refractivity contribution in [2.24, 2.45) is 5.92 Å². The van der Waals surface area contributed by atoms with E-state index in [-0.39, 0.29) is 5.92 Å². The molecule has 1 aliphatic carbocycles. The van der Waals surface area contributed by atoms with Gasteiger partial charge in [0.05, 0.1) is 0 Å². The molecule has 2 atom stereocenters. The summed E-state index contributed by atoms with van der Waals surface area (Å²) in [7, 11) is 0. The molecule has 12 heavy (non-hydrogen) atoms. The molecular formula is C7H10Cl2O3. The average molecular weight is 213 g/mol. The number of hydrogen-bond acceptors (Lipinski definition) is 2. The first-order valence-corrected chi connectivity index (χ1v) is 4.44. The molecule has 1 rings (SSSR count). The van der Waals surface area contributed by atoms with Gasteiger partial charge in [0, 0.05) is 5.92 Å². The van der Waals surface area contributed by atoms with Crippen LogP contribution >= 0.6 is 23.2 Å². The van der Waals surface area contributed by atoms with Crippen LogP contribution in [0.25, 0.3) is 0 Å². The quantitative estimate of drug-likeness (QED) is 0.566. The number of halogens is 2. The maximum Gasteiger partial charge on any atom is 0.506 e. The molecule has 1 aliphatic rings. The zero-order valence-corrected chi connectivity index (χ0v) is 8.32. The van der Waals surface area contributed by atoms with Gasteiger partial charge in [0.1, 0.15) is 0 Å². The number of alkyl halides is 2. The van der Waals surface area contributed by atoms with Crippen LogP contribution in [0.3, 0.4) is 0 Å². The second kappa shape index (κ2) is 2.67. The van der Waals surface area contributed by atoms with Gasteiger partial charge in [0.2, 0.25) is 0 Å². The van der Waals surface area contributed by atoms with Gasteiger partial charge in [0.25, 0.3) is 0 Å². The van der Waals surface area contributed by atoms with E-state index in [1.165, 1.54) is 0 Å². The summed E-state index contributed by atoms with van der Waals surface area (Å²) in [6, 6.07) is 0. The lowest BCUT2D eigenvalue weighted by atomic mass is 10.2. The molecule has 0 bridgehead atoms. The van der Waals surface area contributed by atoms with Gasteiger partial charge in [-0.15, -0.1) is 0 Å². The zero-order valence-electron chi connectivity index (χ0n) is 6.80. The largest absolute Gasteiger partial charge is 0.506 e. The van der Waals surface area contributed by atoms with Gasteiger partial charge in [-0.3, -0.25) is 0 Å². The van der Waals surface area contributed by atoms with Gasteiger partial charge >= 0.3 is 6.16 Å². The van der Waals surface area contributed by atoms with Crippen LogP contribution in [-0.2, 0) is 4.74 Å². The molecule has 5 heteroatoms. The maximum absolute atomic E-state index is 10.3. The van der Waals surface area contributed by atoms with E-state index >= 15 is 0 Å². The van der Waals surface area contributed by atoms with Crippen LogP contribution in [0.1, 0.15) is 20.3 Å². The molecular weight excluding hydrogens is 203 g/mol. The minimum Gasteiger partial charge on any atom is -0.450 e. The van der Waals surface area contributed by atoms with Crippen molar-refractivity contribution >= 4 is 29.4 Å². The van der Waals surface area contributed by atoms with Crippen LogP contribution in [0.2, 0.25) is 0 Å². The van der Waals surface area contributed by atoms with Gasteiger partial charge in [-0.25, -0.2) is 4.79 Å². The summed E-state index contributed by atoms with van der Waals surface area (Å²) in [5.74, 6) is -0.144. The Balaban J connectivity index is 2.76. The molecule has 1 N–H and O–H groups in total. The Morgan fingerprint density at radius 3 is 2.17 bits per heavy atom. The monoisotopic (exact) mass is 212 g/mol. The molecule has 0 spiro atoms. The van der Waals surface area contributed by atoms with Crippen LogP contribution in [0, 0.1) is 5.92 Å². The summed E-state index contributed by atoms with van der Waals surface area (Å²) in [6.07, 6.45) is -0.833. The summed E-state index contributed by atoms with van der Waals surface area (Å²) in [6.45, 7) is 3.57. The lowest BCUT2D eigenvalue weighted by Crippen LogP contribution is -2.24. The second-order valence-electron chi connectivity index (χ2n) is 2.96. The third-order valence-electron chi connectivity index (χ3n) is 2.52. The summed E-state index contributed by atoms with van der Waals surface area (Å²) < 4.78 is 3.62. The first-order valence-electron chi connectivity index (χ1n) is 3.68. The van der Waals surface area contributed by atoms with E-state index in [1.807, 2.05) is 0 Å². The molecule has 0 aromatic heterocycles. The topological polar surface area (TPSA) is 46.5 Å². The van der Waals surface area contributed by atoms with Crippen LogP contribution in [-0.4, -0.2) is 21.2 Å². The van der Waals surface area contributed by atoms with E-state index in [9.17, 15) is 4.79 Å². The van der Waals surface area contributed by atoms with Gasteiger partial charge in [-0.1, -0.05) is 37.0 Å². The van der Waals surface area contributed by atoms with Crippen molar-refractivity contribution in [1.29, 1.82) is 0 Å². The molecule has 0 aliphatic heterocycles. The van der Waals surface area contributed by atoms with E-state index in [2.05, 4.69) is 4.74 Å². The summed E-state index contributed by atoms with van der Waals surface area (Å²) in [4.78, 5) is 10.3. The molecule has 0 aromatic rings. The second-order valence-corrected chi connectivity index (χ2v) is 4.34. The number of carboxylic acid groups (broad SMARTS) is 1. The average Bonchev–Trinajstić information content (AvgIpc) is 2.34. The number of carbonyl (C=O) groups is 1. The Hall–Kier alpha value is -0.150. The molecule has 70 valence electrons. The first-order chi connectivity index (χ1) is 5.38. The highest BCUT2D eigenvalue weighted by atomic mass is 35.5. The predicted octanol–water partition coefficient (Wildman–Crippen LogP) is 2.65. The van der Waals surface area contributed by atoms with Crippen molar-refractivity contribution in [2.75, 3.05) is 0 Å². The third kappa shape index (κ3) is 1.07. The van der Waals surface area contributed by atoms with E-state index < -0.39 is 16.1 Å². The van der Waals surface area contributed by atoms with Crippen molar-refractivity contribution in [1.82, 2.24) is 0 Å². The Bertz CT molecular complexity index is 217. The van der Waals surface area contributed by atoms with Gasteiger partial charge < -0.3 is 9.84 Å². The summed E-state index contributed by atoms with van der Waals surface area (Å²) in [5.41, 5.74) is -0.901. The third-order valence-corrected chi connectivity index (χ3v) is 3.81. The Morgan fingerprint density at radius 1 is 1.67 bits per heavy atom. The zero-order chi connectivity index (χ0) is 9.57. The van der Waals surface area contributed by atoms with Crippen LogP contribution in [0.4, 0.5) is 4.79 Å². The van der Waals surface area contributed by atoms with Gasteiger partial charge in [-0.2, -0.15) is 0 Å². The normalized spacial score (nSPS) is 37.5. The Morgan fingerprint density at radius 2 is 2.08 bits per heavy atom. The summed E-state index contributed by atoms with van der Waals surface area (Å²) >= 11 is 11.7.